The second kappa shape index (κ2) is 10.4. The van der Waals surface area contributed by atoms with Crippen LogP contribution < -0.4 is 10.5 Å². The Morgan fingerprint density at radius 3 is 2.60 bits per heavy atom. The van der Waals surface area contributed by atoms with E-state index in [9.17, 15) is 14.9 Å². The smallest absolute Gasteiger partial charge is 0.270 e. The maximum absolute atomic E-state index is 13.4. The summed E-state index contributed by atoms with van der Waals surface area (Å²) in [4.78, 5) is 31.0. The van der Waals surface area contributed by atoms with Crippen LogP contribution in [0.3, 0.4) is 0 Å². The Bertz CT molecular complexity index is 1260. The van der Waals surface area contributed by atoms with Crippen LogP contribution in [0.5, 0.6) is 0 Å². The molecule has 0 aromatic carbocycles. The molecule has 0 spiro atoms. The lowest BCUT2D eigenvalue weighted by Gasteiger charge is -2.39. The van der Waals surface area contributed by atoms with Gasteiger partial charge in [-0.05, 0) is 55.4 Å². The maximum atomic E-state index is 13.4. The van der Waals surface area contributed by atoms with Gasteiger partial charge in [-0.1, -0.05) is 44.8 Å². The first kappa shape index (κ1) is 25.3. The zero-order chi connectivity index (χ0) is 25.3. The number of piperidine rings is 1. The van der Waals surface area contributed by atoms with Gasteiger partial charge in [-0.25, -0.2) is 0 Å². The van der Waals surface area contributed by atoms with E-state index in [0.29, 0.717) is 38.9 Å². The number of furan rings is 1. The van der Waals surface area contributed by atoms with Crippen molar-refractivity contribution in [1.82, 2.24) is 9.47 Å². The predicted molar refractivity (Wildman–Crippen MR) is 143 cm³/mol. The van der Waals surface area contributed by atoms with Crippen LogP contribution in [0.1, 0.15) is 56.1 Å². The molecule has 184 valence electrons. The van der Waals surface area contributed by atoms with Gasteiger partial charge < -0.3 is 9.32 Å². The number of thioether (sulfide) groups is 1. The minimum atomic E-state index is -0.268. The van der Waals surface area contributed by atoms with Crippen molar-refractivity contribution in [2.45, 2.75) is 53.6 Å². The fraction of sp³-hybridized carbons (Fsp3) is 0.462. The normalized spacial score (nSPS) is 21.7. The van der Waals surface area contributed by atoms with Gasteiger partial charge in [0.05, 0.1) is 17.7 Å². The highest BCUT2D eigenvalue weighted by Gasteiger charge is 2.34. The van der Waals surface area contributed by atoms with Gasteiger partial charge in [0.15, 0.2) is 0 Å². The van der Waals surface area contributed by atoms with Crippen LogP contribution in [-0.4, -0.2) is 32.8 Å². The number of carbonyl (C=O) groups is 1. The van der Waals surface area contributed by atoms with Crippen LogP contribution in [0.4, 0.5) is 5.82 Å². The highest BCUT2D eigenvalue weighted by atomic mass is 32.2. The Morgan fingerprint density at radius 2 is 2.00 bits per heavy atom. The lowest BCUT2D eigenvalue weighted by atomic mass is 9.91. The minimum absolute atomic E-state index is 0.123. The Labute approximate surface area is 215 Å². The van der Waals surface area contributed by atoms with Crippen molar-refractivity contribution < 1.29 is 9.21 Å². The molecule has 1 amide bonds. The summed E-state index contributed by atoms with van der Waals surface area (Å²) < 4.78 is 7.59. The molecule has 0 radical (unpaired) electrons. The van der Waals surface area contributed by atoms with Gasteiger partial charge in [-0.3, -0.25) is 19.1 Å². The van der Waals surface area contributed by atoms with Crippen LogP contribution in [0.2, 0.25) is 0 Å². The first-order valence-electron chi connectivity index (χ1n) is 11.9. The van der Waals surface area contributed by atoms with Crippen molar-refractivity contribution >= 4 is 46.1 Å². The first-order chi connectivity index (χ1) is 16.7. The molecular weight excluding hydrogens is 480 g/mol. The fourth-order valence-electron chi connectivity index (χ4n) is 5.08. The van der Waals surface area contributed by atoms with E-state index < -0.39 is 0 Å². The molecule has 4 rings (SSSR count). The molecule has 0 aliphatic carbocycles. The zero-order valence-corrected chi connectivity index (χ0v) is 22.2. The summed E-state index contributed by atoms with van der Waals surface area (Å²) >= 11 is 6.75. The molecule has 9 heteroatoms. The summed E-state index contributed by atoms with van der Waals surface area (Å²) in [5.41, 5.74) is 1.20. The summed E-state index contributed by atoms with van der Waals surface area (Å²) in [7, 11) is 0. The average Bonchev–Trinajstić information content (AvgIpc) is 3.41. The van der Waals surface area contributed by atoms with E-state index in [0.717, 1.165) is 37.3 Å². The van der Waals surface area contributed by atoms with Crippen molar-refractivity contribution in [3.8, 4) is 6.07 Å². The van der Waals surface area contributed by atoms with Crippen molar-refractivity contribution in [2.24, 2.45) is 11.8 Å². The van der Waals surface area contributed by atoms with E-state index in [4.69, 9.17) is 16.6 Å². The molecule has 0 N–H and O–H groups in total. The second-order valence-electron chi connectivity index (χ2n) is 9.50. The molecular formula is C26H30N4O3S2. The summed E-state index contributed by atoms with van der Waals surface area (Å²) in [6.45, 7) is 10.7. The lowest BCUT2D eigenvalue weighted by molar-refractivity contribution is -0.122. The van der Waals surface area contributed by atoms with Gasteiger partial charge in [-0.15, -0.1) is 0 Å². The third-order valence-corrected chi connectivity index (χ3v) is 7.88. The van der Waals surface area contributed by atoms with Crippen molar-refractivity contribution in [3.05, 3.63) is 56.1 Å². The SMILES string of the molecule is CCCn1c(N2CC(C)CC(C)C2)c(/C=C2\SC(=S)N(Cc3ccco3)C2=O)c(C)c(C#N)c1=O. The molecule has 2 atom stereocenters. The molecule has 4 heterocycles. The third-order valence-electron chi connectivity index (χ3n) is 6.51. The summed E-state index contributed by atoms with van der Waals surface area (Å²) in [5.74, 6) is 2.19. The molecule has 2 aliphatic rings. The van der Waals surface area contributed by atoms with Crippen LogP contribution in [0.15, 0.2) is 32.5 Å². The quantitative estimate of drug-likeness (QED) is 0.403. The topological polar surface area (TPSA) is 82.5 Å². The average molecular weight is 511 g/mol. The van der Waals surface area contributed by atoms with Gasteiger partial charge >= 0.3 is 0 Å². The van der Waals surface area contributed by atoms with E-state index in [1.54, 1.807) is 23.8 Å². The van der Waals surface area contributed by atoms with Crippen LogP contribution >= 0.6 is 24.0 Å². The molecule has 35 heavy (non-hydrogen) atoms. The van der Waals surface area contributed by atoms with E-state index in [1.165, 1.54) is 16.7 Å². The molecule has 2 saturated heterocycles. The van der Waals surface area contributed by atoms with Crippen LogP contribution in [0.25, 0.3) is 6.08 Å². The van der Waals surface area contributed by atoms with Gasteiger partial charge in [0.2, 0.25) is 0 Å². The summed E-state index contributed by atoms with van der Waals surface area (Å²) in [5, 5.41) is 9.83. The number of hydrogen-bond acceptors (Lipinski definition) is 7. The monoisotopic (exact) mass is 510 g/mol. The molecule has 2 unspecified atom stereocenters. The Kier molecular flexibility index (Phi) is 7.53. The number of nitriles is 1. The molecule has 2 fully saturated rings. The molecule has 2 aliphatic heterocycles. The van der Waals surface area contributed by atoms with E-state index in [-0.39, 0.29) is 23.6 Å². The van der Waals surface area contributed by atoms with E-state index in [1.807, 2.05) is 19.1 Å². The molecule has 0 bridgehead atoms. The molecule has 2 aromatic rings. The maximum Gasteiger partial charge on any atom is 0.270 e. The number of amides is 1. The van der Waals surface area contributed by atoms with Gasteiger partial charge in [0, 0.05) is 25.2 Å². The molecule has 7 nitrogen and oxygen atoms in total. The number of carbonyl (C=O) groups excluding carboxylic acids is 1. The highest BCUT2D eigenvalue weighted by molar-refractivity contribution is 8.26. The van der Waals surface area contributed by atoms with E-state index >= 15 is 0 Å². The Morgan fingerprint density at radius 1 is 1.29 bits per heavy atom. The molecule has 0 saturated carbocycles. The first-order valence-corrected chi connectivity index (χ1v) is 13.2. The van der Waals surface area contributed by atoms with Crippen molar-refractivity contribution in [1.29, 1.82) is 5.26 Å². The second-order valence-corrected chi connectivity index (χ2v) is 11.2. The van der Waals surface area contributed by atoms with Crippen molar-refractivity contribution in [3.63, 3.8) is 0 Å². The van der Waals surface area contributed by atoms with Gasteiger partial charge in [-0.2, -0.15) is 5.26 Å². The third kappa shape index (κ3) is 4.95. The zero-order valence-electron chi connectivity index (χ0n) is 20.5. The van der Waals surface area contributed by atoms with Gasteiger partial charge in [0.1, 0.15) is 27.5 Å². The standard InChI is InChI=1S/C26H30N4O3S2/c1-5-8-29-23(28-13-16(2)10-17(3)14-28)20(18(4)21(12-27)24(29)31)11-22-25(32)30(26(34)35-22)15-19-7-6-9-33-19/h6-7,9,11,16-17H,5,8,10,13-15H2,1-4H3/b22-11-. The molecule has 2 aromatic heterocycles. The van der Waals surface area contributed by atoms with E-state index in [2.05, 4.69) is 24.8 Å². The van der Waals surface area contributed by atoms with Crippen molar-refractivity contribution in [2.75, 3.05) is 18.0 Å². The lowest BCUT2D eigenvalue weighted by Crippen LogP contribution is -2.43. The highest BCUT2D eigenvalue weighted by Crippen LogP contribution is 2.38. The Hall–Kier alpha value is -2.83. The van der Waals surface area contributed by atoms with Gasteiger partial charge in [0.25, 0.3) is 11.5 Å². The number of thiocarbonyl (C=S) groups is 1. The number of pyridine rings is 1. The number of aromatic nitrogens is 1. The minimum Gasteiger partial charge on any atom is -0.467 e. The van der Waals surface area contributed by atoms with Crippen LogP contribution in [0, 0.1) is 30.1 Å². The Balaban J connectivity index is 1.86. The number of nitrogens with zero attached hydrogens (tertiary/aromatic N) is 4. The number of rotatable bonds is 6. The summed E-state index contributed by atoms with van der Waals surface area (Å²) in [6, 6.07) is 5.70. The number of hydrogen-bond donors (Lipinski definition) is 0. The van der Waals surface area contributed by atoms with Crippen LogP contribution in [-0.2, 0) is 17.9 Å². The number of anilines is 1. The largest absolute Gasteiger partial charge is 0.467 e. The summed E-state index contributed by atoms with van der Waals surface area (Å²) in [6.07, 6.45) is 5.27. The fourth-order valence-corrected chi connectivity index (χ4v) is 6.31. The predicted octanol–water partition coefficient (Wildman–Crippen LogP) is 4.92.